The Morgan fingerprint density at radius 2 is 0.966 bits per heavy atom. The number of hydrogen-bond donors (Lipinski definition) is 1. The molecule has 0 radical (unpaired) electrons. The molecule has 29 heavy (non-hydrogen) atoms. The molecule has 0 aliphatic heterocycles. The Morgan fingerprint density at radius 1 is 0.586 bits per heavy atom. The summed E-state index contributed by atoms with van der Waals surface area (Å²) in [7, 11) is 0.816. The summed E-state index contributed by atoms with van der Waals surface area (Å²) in [6, 6.07) is -1.19. The Labute approximate surface area is 148 Å². The molecule has 1 aromatic rings. The fourth-order valence-electron chi connectivity index (χ4n) is 1.55. The Kier molecular flexibility index (Phi) is 5.54. The minimum Gasteiger partial charge on any atom is -0.401 e. The van der Waals surface area contributed by atoms with Gasteiger partial charge in [-0.2, -0.15) is 65.9 Å². The van der Waals surface area contributed by atoms with Crippen LogP contribution in [0.1, 0.15) is 5.89 Å². The van der Waals surface area contributed by atoms with Crippen molar-refractivity contribution >= 4 is 6.01 Å². The van der Waals surface area contributed by atoms with Crippen molar-refractivity contribution in [2.24, 2.45) is 0 Å². The first kappa shape index (κ1) is 24.9. The van der Waals surface area contributed by atoms with Crippen LogP contribution in [0.5, 0.6) is 0 Å². The van der Waals surface area contributed by atoms with E-state index in [4.69, 9.17) is 0 Å². The number of rotatable bonds is 7. The molecule has 4 nitrogen and oxygen atoms in total. The van der Waals surface area contributed by atoms with Gasteiger partial charge in [0.05, 0.1) is 0 Å². The van der Waals surface area contributed by atoms with Crippen molar-refractivity contribution in [1.82, 2.24) is 10.2 Å². The van der Waals surface area contributed by atoms with E-state index in [9.17, 15) is 65.9 Å². The van der Waals surface area contributed by atoms with Gasteiger partial charge >= 0.3 is 47.7 Å². The van der Waals surface area contributed by atoms with E-state index in [1.54, 1.807) is 5.32 Å². The number of anilines is 1. The topological polar surface area (TPSA) is 51.0 Å². The molecule has 0 aliphatic rings. The average Bonchev–Trinajstić information content (AvgIpc) is 3.02. The van der Waals surface area contributed by atoms with Gasteiger partial charge in [0.15, 0.2) is 0 Å². The molecule has 0 amide bonds. The maximum absolute atomic E-state index is 13.6. The zero-order valence-electron chi connectivity index (χ0n) is 13.0. The number of alkyl halides is 15. The highest BCUT2D eigenvalue weighted by Gasteiger charge is 2.94. The van der Waals surface area contributed by atoms with Crippen LogP contribution in [0.3, 0.4) is 0 Å². The van der Waals surface area contributed by atoms with Crippen LogP contribution in [0.15, 0.2) is 4.42 Å². The summed E-state index contributed by atoms with van der Waals surface area (Å²) in [4.78, 5) is 0. The second kappa shape index (κ2) is 6.44. The minimum atomic E-state index is -8.36. The highest BCUT2D eigenvalue weighted by atomic mass is 19.4. The van der Waals surface area contributed by atoms with Gasteiger partial charge < -0.3 is 9.73 Å². The molecule has 0 atom stereocenters. The molecule has 1 heterocycles. The molecule has 0 bridgehead atoms. The fraction of sp³-hybridized carbons (Fsp3) is 0.800. The van der Waals surface area contributed by atoms with Gasteiger partial charge in [0.2, 0.25) is 0 Å². The van der Waals surface area contributed by atoms with Gasteiger partial charge in [-0.25, -0.2) is 0 Å². The minimum absolute atomic E-state index is 0.816. The second-order valence-electron chi connectivity index (χ2n) is 5.11. The second-order valence-corrected chi connectivity index (χ2v) is 5.11. The van der Waals surface area contributed by atoms with Crippen molar-refractivity contribution in [2.45, 2.75) is 41.7 Å². The van der Waals surface area contributed by atoms with Gasteiger partial charge in [-0.1, -0.05) is 5.10 Å². The van der Waals surface area contributed by atoms with E-state index in [-0.39, 0.29) is 0 Å². The molecule has 19 heteroatoms. The summed E-state index contributed by atoms with van der Waals surface area (Å²) in [5, 5.41) is 6.26. The van der Waals surface area contributed by atoms with Gasteiger partial charge in [-0.15, -0.1) is 5.10 Å². The smallest absolute Gasteiger partial charge is 0.401 e. The van der Waals surface area contributed by atoms with Crippen LogP contribution in [0.4, 0.5) is 71.9 Å². The maximum atomic E-state index is 13.6. The first-order valence-electron chi connectivity index (χ1n) is 6.39. The van der Waals surface area contributed by atoms with Crippen LogP contribution >= 0.6 is 0 Å². The van der Waals surface area contributed by atoms with Crippen LogP contribution < -0.4 is 5.32 Å². The van der Waals surface area contributed by atoms with E-state index in [1.807, 2.05) is 0 Å². The molecule has 0 aromatic carbocycles. The lowest BCUT2D eigenvalue weighted by atomic mass is 9.91. The summed E-state index contributed by atoms with van der Waals surface area (Å²) in [6.07, 6.45) is -7.65. The molecule has 0 unspecified atom stereocenters. The van der Waals surface area contributed by atoms with E-state index in [0.717, 1.165) is 7.05 Å². The summed E-state index contributed by atoms with van der Waals surface area (Å²) >= 11 is 0. The number of hydrogen-bond acceptors (Lipinski definition) is 4. The summed E-state index contributed by atoms with van der Waals surface area (Å²) in [6.45, 7) is 0. The van der Waals surface area contributed by atoms with Crippen LogP contribution in [0.2, 0.25) is 0 Å². The van der Waals surface area contributed by atoms with Crippen molar-refractivity contribution in [2.75, 3.05) is 12.4 Å². The molecule has 0 aliphatic carbocycles. The van der Waals surface area contributed by atoms with Gasteiger partial charge in [0.1, 0.15) is 0 Å². The lowest BCUT2D eigenvalue weighted by Crippen LogP contribution is -2.72. The zero-order valence-corrected chi connectivity index (χ0v) is 13.0. The van der Waals surface area contributed by atoms with E-state index in [1.165, 1.54) is 0 Å². The van der Waals surface area contributed by atoms with Crippen LogP contribution in [0, 0.1) is 0 Å². The third-order valence-electron chi connectivity index (χ3n) is 3.24. The predicted octanol–water partition coefficient (Wildman–Crippen LogP) is 4.94. The Hall–Kier alpha value is -2.11. The lowest BCUT2D eigenvalue weighted by Gasteiger charge is -2.40. The van der Waals surface area contributed by atoms with Crippen LogP contribution in [0.25, 0.3) is 0 Å². The Balaban J connectivity index is 3.60. The fourth-order valence-corrected chi connectivity index (χ4v) is 1.55. The zero-order chi connectivity index (χ0) is 23.5. The molecule has 1 N–H and O–H groups in total. The monoisotopic (exact) mass is 467 g/mol. The molecule has 1 aromatic heterocycles. The van der Waals surface area contributed by atoms with Gasteiger partial charge in [0, 0.05) is 7.05 Å². The van der Waals surface area contributed by atoms with Crippen molar-refractivity contribution in [3.63, 3.8) is 0 Å². The number of aromatic nitrogens is 2. The summed E-state index contributed by atoms with van der Waals surface area (Å²) in [5.74, 6) is -50.2. The molecule has 0 fully saturated rings. The average molecular weight is 467 g/mol. The quantitative estimate of drug-likeness (QED) is 0.578. The number of nitrogens with zero attached hydrogens (tertiary/aromatic N) is 2. The highest BCUT2D eigenvalue weighted by molar-refractivity contribution is 5.19. The van der Waals surface area contributed by atoms with E-state index < -0.39 is 53.6 Å². The Bertz CT molecular complexity index is 737. The molecule has 170 valence electrons. The molecular formula is C10H4F15N3O. The molecule has 0 saturated carbocycles. The van der Waals surface area contributed by atoms with Crippen LogP contribution in [-0.2, 0) is 5.92 Å². The number of halogens is 15. The van der Waals surface area contributed by atoms with Gasteiger partial charge in [-0.05, 0) is 0 Å². The SMILES string of the molecule is CNc1nnc(C(F)(F)C(F)(F)C(F)(F)C(F)(F)C(F)(F)C(F)(F)C(F)(F)F)o1. The standard InChI is InChI=1S/C10H4F15N3O/c1-26-3-28-27-2(29-3)4(11,12)5(13,14)6(15,16)7(17,18)8(19,20)9(21,22)10(23,24)25/h1H3,(H,26,28). The van der Waals surface area contributed by atoms with Gasteiger partial charge in [0.25, 0.3) is 5.89 Å². The van der Waals surface area contributed by atoms with Gasteiger partial charge in [-0.3, -0.25) is 0 Å². The summed E-state index contributed by atoms with van der Waals surface area (Å²) < 4.78 is 198. The van der Waals surface area contributed by atoms with Crippen molar-refractivity contribution in [1.29, 1.82) is 0 Å². The first-order valence-corrected chi connectivity index (χ1v) is 6.39. The highest BCUT2D eigenvalue weighted by Crippen LogP contribution is 2.63. The normalized spacial score (nSPS) is 15.6. The Morgan fingerprint density at radius 3 is 1.31 bits per heavy atom. The molecule has 1 rings (SSSR count). The van der Waals surface area contributed by atoms with E-state index in [0.29, 0.717) is 0 Å². The van der Waals surface area contributed by atoms with Crippen molar-refractivity contribution < 1.29 is 70.3 Å². The number of nitrogens with one attached hydrogen (secondary N) is 1. The molecule has 0 spiro atoms. The maximum Gasteiger partial charge on any atom is 0.460 e. The summed E-state index contributed by atoms with van der Waals surface area (Å²) in [5.41, 5.74) is 0. The lowest BCUT2D eigenvalue weighted by molar-refractivity contribution is -0.454. The van der Waals surface area contributed by atoms with E-state index in [2.05, 4.69) is 14.6 Å². The van der Waals surface area contributed by atoms with Crippen molar-refractivity contribution in [3.05, 3.63) is 5.89 Å². The molecule has 0 saturated heterocycles. The largest absolute Gasteiger partial charge is 0.460 e. The third kappa shape index (κ3) is 3.11. The first-order chi connectivity index (χ1) is 12.5. The van der Waals surface area contributed by atoms with E-state index >= 15 is 0 Å². The predicted molar refractivity (Wildman–Crippen MR) is 58.5 cm³/mol. The van der Waals surface area contributed by atoms with Crippen molar-refractivity contribution in [3.8, 4) is 0 Å². The molecular weight excluding hydrogens is 463 g/mol. The van der Waals surface area contributed by atoms with Crippen LogP contribution in [-0.4, -0.2) is 53.0 Å². The third-order valence-corrected chi connectivity index (χ3v) is 3.24.